The minimum absolute atomic E-state index is 0.0426. The molecule has 0 heterocycles. The molecule has 0 aliphatic heterocycles. The van der Waals surface area contributed by atoms with E-state index in [1.807, 2.05) is 27.7 Å². The van der Waals surface area contributed by atoms with Crippen LogP contribution in [-0.2, 0) is 70.9 Å². The second-order valence-electron chi connectivity index (χ2n) is 14.3. The highest BCUT2D eigenvalue weighted by molar-refractivity contribution is 9.09. The van der Waals surface area contributed by atoms with Crippen molar-refractivity contribution in [2.45, 2.75) is 138 Å². The van der Waals surface area contributed by atoms with Crippen molar-refractivity contribution in [1.82, 2.24) is 0 Å². The number of hydrogen-bond acceptors (Lipinski definition) is 15. The van der Waals surface area contributed by atoms with E-state index >= 15 is 0 Å². The molecule has 3 saturated carbocycles. The molecule has 0 aromatic carbocycles. The van der Waals surface area contributed by atoms with Crippen LogP contribution in [-0.4, -0.2) is 99.1 Å². The average Bonchev–Trinajstić information content (AvgIpc) is 4.03. The predicted molar refractivity (Wildman–Crippen MR) is 215 cm³/mol. The van der Waals surface area contributed by atoms with E-state index in [-0.39, 0.29) is 47.2 Å². The van der Waals surface area contributed by atoms with Gasteiger partial charge in [0.25, 0.3) is 0 Å². The van der Waals surface area contributed by atoms with Gasteiger partial charge in [0, 0.05) is 14.2 Å². The van der Waals surface area contributed by atoms with Crippen molar-refractivity contribution < 1.29 is 70.9 Å². The number of Topliss-reactive ketones (excluding diaryl/α,β-unsaturated/α-hetero) is 4. The van der Waals surface area contributed by atoms with Gasteiger partial charge in [0.1, 0.15) is 40.4 Å². The first kappa shape index (κ1) is 54.2. The number of ether oxygens (including phenoxy) is 4. The zero-order valence-electron chi connectivity index (χ0n) is 35.3. The van der Waals surface area contributed by atoms with Gasteiger partial charge in [0.05, 0.1) is 31.8 Å². The Bertz CT molecular complexity index is 1370. The van der Waals surface area contributed by atoms with Crippen LogP contribution in [0.15, 0.2) is 0 Å². The highest BCUT2D eigenvalue weighted by Gasteiger charge is 2.59. The summed E-state index contributed by atoms with van der Waals surface area (Å²) >= 11 is 3.08. The molecule has 3 rings (SSSR count). The minimum atomic E-state index is -3.42. The average molecular weight is 898 g/mol. The van der Waals surface area contributed by atoms with E-state index in [1.54, 1.807) is 0 Å². The number of hydrogen-bond donors (Lipinski definition) is 0. The summed E-state index contributed by atoms with van der Waals surface area (Å²) in [6, 6.07) is 0. The molecule has 15 nitrogen and oxygen atoms in total. The maximum atomic E-state index is 12.1. The first-order valence-electron chi connectivity index (χ1n) is 19.9. The number of ketones is 4. The summed E-state index contributed by atoms with van der Waals surface area (Å²) in [6.07, 6.45) is 10.3. The van der Waals surface area contributed by atoms with Crippen LogP contribution < -0.4 is 0 Å². The van der Waals surface area contributed by atoms with E-state index in [4.69, 9.17) is 28.0 Å². The van der Waals surface area contributed by atoms with Crippen LogP contribution in [0.3, 0.4) is 0 Å². The van der Waals surface area contributed by atoms with E-state index in [0.717, 1.165) is 51.4 Å². The van der Waals surface area contributed by atoms with Crippen LogP contribution in [0.4, 0.5) is 0 Å². The molecular formula is C40H66BrO15P. The second-order valence-corrected chi connectivity index (χ2v) is 17.2. The third kappa shape index (κ3) is 19.2. The summed E-state index contributed by atoms with van der Waals surface area (Å²) in [7, 11) is -0.984. The van der Waals surface area contributed by atoms with Gasteiger partial charge in [0.2, 0.25) is 0 Å². The van der Waals surface area contributed by atoms with Gasteiger partial charge < -0.3 is 28.0 Å². The summed E-state index contributed by atoms with van der Waals surface area (Å²) in [5.74, 6) is -2.21. The van der Waals surface area contributed by atoms with Crippen molar-refractivity contribution in [3.05, 3.63) is 0 Å². The molecule has 0 spiro atoms. The number of carbonyl (C=O) groups is 8. The molecule has 57 heavy (non-hydrogen) atoms. The second kappa shape index (κ2) is 27.8. The topological polar surface area (TPSA) is 209 Å². The molecule has 0 aromatic rings. The Morgan fingerprint density at radius 3 is 1.16 bits per heavy atom. The molecule has 328 valence electrons. The summed E-state index contributed by atoms with van der Waals surface area (Å²) in [5, 5.41) is 0.246. The molecule has 3 aliphatic rings. The molecule has 0 radical (unpaired) electrons. The predicted octanol–water partition coefficient (Wildman–Crippen LogP) is 7.25. The third-order valence-corrected chi connectivity index (χ3v) is 11.8. The molecule has 3 fully saturated rings. The van der Waals surface area contributed by atoms with Gasteiger partial charge in [-0.3, -0.25) is 42.9 Å². The number of rotatable bonds is 25. The van der Waals surface area contributed by atoms with E-state index in [9.17, 15) is 42.9 Å². The van der Waals surface area contributed by atoms with Crippen molar-refractivity contribution in [3.63, 3.8) is 0 Å². The Labute approximate surface area is 346 Å². The van der Waals surface area contributed by atoms with Crippen LogP contribution in [0.5, 0.6) is 0 Å². The maximum Gasteiger partial charge on any atom is 0.337 e. The van der Waals surface area contributed by atoms with Gasteiger partial charge in [-0.1, -0.05) is 69.3 Å². The quantitative estimate of drug-likeness (QED) is 0.0221. The van der Waals surface area contributed by atoms with Crippen LogP contribution >= 0.6 is 23.5 Å². The van der Waals surface area contributed by atoms with Gasteiger partial charge in [-0.2, -0.15) is 0 Å². The van der Waals surface area contributed by atoms with E-state index in [1.165, 1.54) is 28.1 Å². The van der Waals surface area contributed by atoms with Crippen LogP contribution in [0.2, 0.25) is 0 Å². The fourth-order valence-electron chi connectivity index (χ4n) is 4.85. The molecule has 3 aliphatic carbocycles. The molecule has 17 heteroatoms. The largest absolute Gasteiger partial charge is 0.465 e. The lowest BCUT2D eigenvalue weighted by Gasteiger charge is -2.17. The fraction of sp³-hybridized carbons (Fsp3) is 0.800. The van der Waals surface area contributed by atoms with Crippen LogP contribution in [0.1, 0.15) is 138 Å². The monoisotopic (exact) mass is 896 g/mol. The lowest BCUT2D eigenvalue weighted by molar-refractivity contribution is -0.155. The molecule has 0 N–H and O–H groups in total. The van der Waals surface area contributed by atoms with Gasteiger partial charge in [-0.25, -0.2) is 0 Å². The zero-order chi connectivity index (χ0) is 43.7. The van der Waals surface area contributed by atoms with Crippen molar-refractivity contribution in [2.24, 2.45) is 16.2 Å². The molecule has 0 bridgehead atoms. The highest BCUT2D eigenvalue weighted by atomic mass is 79.9. The van der Waals surface area contributed by atoms with Crippen molar-refractivity contribution >= 4 is 70.5 Å². The Balaban J connectivity index is 0.000000750. The Morgan fingerprint density at radius 1 is 0.544 bits per heavy atom. The number of esters is 4. The summed E-state index contributed by atoms with van der Waals surface area (Å²) in [6.45, 7) is 12.5. The van der Waals surface area contributed by atoms with E-state index in [2.05, 4.69) is 15.9 Å². The van der Waals surface area contributed by atoms with Crippen LogP contribution in [0.25, 0.3) is 0 Å². The van der Waals surface area contributed by atoms with Crippen molar-refractivity contribution in [3.8, 4) is 0 Å². The Kier molecular flexibility index (Phi) is 26.4. The minimum Gasteiger partial charge on any atom is -0.465 e. The molecule has 0 unspecified atom stereocenters. The van der Waals surface area contributed by atoms with Gasteiger partial charge in [0.15, 0.2) is 11.6 Å². The standard InChI is InChI=1S/C12H21O6P.C10H15BrO3.C10H16O3.C8H14O3/c1-4-5-8-18-11(14)12(6-7-12)10(13)9-19(15,16-2)17-3;1-2-3-6-14-9(13)10(4-5-10)8(12)7-11;1-3-4-7-13-9(12)10(5-6-10)8(2)11;1-3-4-5-11-8(10)6-7(2)9/h4-9H2,1-3H3;2-7H2,1H3;3-7H2,1-2H3;3-6H2,1-2H3. The van der Waals surface area contributed by atoms with Gasteiger partial charge >= 0.3 is 31.5 Å². The number of carbonyl (C=O) groups excluding carboxylic acids is 8. The zero-order valence-corrected chi connectivity index (χ0v) is 37.8. The summed E-state index contributed by atoms with van der Waals surface area (Å²) in [5.41, 5.74) is -2.63. The van der Waals surface area contributed by atoms with E-state index in [0.29, 0.717) is 65.0 Å². The summed E-state index contributed by atoms with van der Waals surface area (Å²) in [4.78, 5) is 90.5. The first-order chi connectivity index (χ1) is 26.9. The molecule has 0 saturated heterocycles. The maximum absolute atomic E-state index is 12.1. The number of unbranched alkanes of at least 4 members (excludes halogenated alkanes) is 4. The van der Waals surface area contributed by atoms with Crippen molar-refractivity contribution in [1.29, 1.82) is 0 Å². The SMILES string of the molecule is CCCCOC(=O)C1(C(=O)CBr)CC1.CCCCOC(=O)C1(C(=O)CP(=O)(OC)OC)CC1.CCCCOC(=O)C1(C(C)=O)CC1.CCCCOC(=O)CC(C)=O. The third-order valence-electron chi connectivity index (χ3n) is 9.53. The normalized spacial score (nSPS) is 15.9. The smallest absolute Gasteiger partial charge is 0.337 e. The van der Waals surface area contributed by atoms with Gasteiger partial charge in [-0.05, 0) is 78.1 Å². The lowest BCUT2D eigenvalue weighted by Crippen LogP contribution is -2.30. The lowest BCUT2D eigenvalue weighted by atomic mass is 10.0. The Hall–Kier alpha value is -2.81. The van der Waals surface area contributed by atoms with Gasteiger partial charge in [-0.15, -0.1) is 0 Å². The van der Waals surface area contributed by atoms with E-state index < -0.39 is 41.6 Å². The number of alkyl halides is 1. The molecule has 0 amide bonds. The Morgan fingerprint density at radius 2 is 0.877 bits per heavy atom. The summed E-state index contributed by atoms with van der Waals surface area (Å²) < 4.78 is 41.2. The molecular weight excluding hydrogens is 831 g/mol. The first-order valence-corrected chi connectivity index (χ1v) is 22.8. The highest BCUT2D eigenvalue weighted by Crippen LogP contribution is 2.54. The van der Waals surface area contributed by atoms with Crippen molar-refractivity contribution in [2.75, 3.05) is 52.1 Å². The molecule has 0 atom stereocenters. The number of halogens is 1. The molecule has 0 aromatic heterocycles. The fourth-order valence-corrected chi connectivity index (χ4v) is 6.45. The van der Waals surface area contributed by atoms with Crippen LogP contribution in [0, 0.1) is 16.2 Å².